The number of hydrogen-bond donors (Lipinski definition) is 2. The van der Waals surface area contributed by atoms with Crippen molar-refractivity contribution in [1.82, 2.24) is 9.97 Å². The van der Waals surface area contributed by atoms with Crippen LogP contribution in [0.15, 0.2) is 121 Å². The van der Waals surface area contributed by atoms with Crippen molar-refractivity contribution < 1.29 is 10.2 Å². The summed E-state index contributed by atoms with van der Waals surface area (Å²) in [7, 11) is 0. The predicted octanol–water partition coefficient (Wildman–Crippen LogP) is 13.8. The zero-order valence-electron chi connectivity index (χ0n) is 30.3. The van der Waals surface area contributed by atoms with Crippen molar-refractivity contribution in [3.8, 4) is 44.5 Å². The van der Waals surface area contributed by atoms with Gasteiger partial charge in [-0.15, -0.1) is 22.7 Å². The zero-order chi connectivity index (χ0) is 37.1. The van der Waals surface area contributed by atoms with Crippen molar-refractivity contribution in [2.75, 3.05) is 0 Å². The lowest BCUT2D eigenvalue weighted by Gasteiger charge is -2.07. The van der Waals surface area contributed by atoms with Gasteiger partial charge in [0, 0.05) is 41.1 Å². The Labute approximate surface area is 322 Å². The molecule has 0 saturated heterocycles. The molecule has 2 N–H and O–H groups in total. The molecule has 0 aliphatic carbocycles. The minimum Gasteiger partial charge on any atom is -0.503 e. The van der Waals surface area contributed by atoms with Gasteiger partial charge in [0.2, 0.25) is 0 Å². The van der Waals surface area contributed by atoms with Gasteiger partial charge in [0.1, 0.15) is 11.4 Å². The van der Waals surface area contributed by atoms with Gasteiger partial charge in [0.25, 0.3) is 0 Å². The van der Waals surface area contributed by atoms with Gasteiger partial charge < -0.3 is 10.2 Å². The Kier molecular flexibility index (Phi) is 8.37. The molecule has 0 unspecified atom stereocenters. The van der Waals surface area contributed by atoms with Gasteiger partial charge >= 0.3 is 0 Å². The summed E-state index contributed by atoms with van der Waals surface area (Å²) in [4.78, 5) is 10.6. The third-order valence-electron chi connectivity index (χ3n) is 10.1. The quantitative estimate of drug-likeness (QED) is 0.189. The van der Waals surface area contributed by atoms with E-state index in [0.717, 1.165) is 85.8 Å². The van der Waals surface area contributed by atoms with E-state index in [1.165, 1.54) is 11.1 Å². The zero-order valence-corrected chi connectivity index (χ0v) is 31.9. The molecule has 0 spiro atoms. The second-order valence-corrected chi connectivity index (χ2v) is 16.2. The molecule has 2 aliphatic rings. The van der Waals surface area contributed by atoms with E-state index < -0.39 is 0 Å². The van der Waals surface area contributed by atoms with E-state index in [0.29, 0.717) is 11.4 Å². The first-order valence-corrected chi connectivity index (χ1v) is 19.6. The van der Waals surface area contributed by atoms with Crippen molar-refractivity contribution in [2.45, 2.75) is 27.7 Å². The molecular weight excluding hydrogens is 701 g/mol. The molecule has 54 heavy (non-hydrogen) atoms. The minimum absolute atomic E-state index is 0.238. The summed E-state index contributed by atoms with van der Waals surface area (Å²) in [6, 6.07) is 42.1. The van der Waals surface area contributed by atoms with Crippen LogP contribution in [-0.2, 0) is 0 Å². The summed E-state index contributed by atoms with van der Waals surface area (Å²) >= 11 is 3.26. The number of hydrogen-bond acceptors (Lipinski definition) is 6. The molecule has 4 nitrogen and oxygen atoms in total. The van der Waals surface area contributed by atoms with E-state index in [9.17, 15) is 10.2 Å². The first-order chi connectivity index (χ1) is 26.2. The minimum atomic E-state index is -0.238. The summed E-state index contributed by atoms with van der Waals surface area (Å²) in [5.41, 5.74) is 14.6. The molecule has 5 heterocycles. The third kappa shape index (κ3) is 5.94. The largest absolute Gasteiger partial charge is 0.503 e. The molecule has 4 aromatic carbocycles. The summed E-state index contributed by atoms with van der Waals surface area (Å²) in [6.07, 6.45) is 4.27. The SMILES string of the molecule is Cc1ccc(-c2c3nc(c(-c4ccc(C)cc4)c4ccc(s4)c(-c4ccc(C)cc4)c4nc(c(-c5ccc(C)cc5)c5ccc2s5)C(O)=C4O)C=C3)cc1. The number of aliphatic hydroxyl groups is 2. The van der Waals surface area contributed by atoms with Gasteiger partial charge in [-0.25, -0.2) is 9.97 Å². The highest BCUT2D eigenvalue weighted by Gasteiger charge is 2.28. The predicted molar refractivity (Wildman–Crippen MR) is 230 cm³/mol. The maximum Gasteiger partial charge on any atom is 0.186 e. The van der Waals surface area contributed by atoms with Gasteiger partial charge in [-0.2, -0.15) is 0 Å². The van der Waals surface area contributed by atoms with Crippen LogP contribution in [0.5, 0.6) is 0 Å². The van der Waals surface area contributed by atoms with Crippen molar-refractivity contribution in [1.29, 1.82) is 0 Å². The molecule has 3 aromatic heterocycles. The first kappa shape index (κ1) is 33.7. The molecule has 0 amide bonds. The summed E-state index contributed by atoms with van der Waals surface area (Å²) < 4.78 is 3.90. The number of benzene rings is 4. The van der Waals surface area contributed by atoms with Crippen molar-refractivity contribution in [3.05, 3.63) is 166 Å². The Morgan fingerprint density at radius 3 is 0.944 bits per heavy atom. The fraction of sp³-hybridized carbons (Fsp3) is 0.0833. The average Bonchev–Trinajstić information content (AvgIpc) is 4.00. The topological polar surface area (TPSA) is 66.2 Å². The lowest BCUT2D eigenvalue weighted by molar-refractivity contribution is 0.464. The normalized spacial score (nSPS) is 12.4. The van der Waals surface area contributed by atoms with Crippen LogP contribution in [0.2, 0.25) is 0 Å². The number of aromatic nitrogens is 2. The van der Waals surface area contributed by atoms with Gasteiger partial charge in [-0.05, 0) is 86.4 Å². The fourth-order valence-electron chi connectivity index (χ4n) is 7.15. The molecule has 9 rings (SSSR count). The van der Waals surface area contributed by atoms with Crippen LogP contribution in [0.4, 0.5) is 0 Å². The van der Waals surface area contributed by atoms with Crippen LogP contribution in [0.1, 0.15) is 45.0 Å². The van der Waals surface area contributed by atoms with E-state index in [4.69, 9.17) is 9.97 Å². The van der Waals surface area contributed by atoms with E-state index in [-0.39, 0.29) is 11.5 Å². The van der Waals surface area contributed by atoms with E-state index >= 15 is 0 Å². The summed E-state index contributed by atoms with van der Waals surface area (Å²) in [5, 5.41) is 23.8. The Morgan fingerprint density at radius 1 is 0.352 bits per heavy atom. The maximum atomic E-state index is 11.9. The van der Waals surface area contributed by atoms with E-state index in [1.807, 2.05) is 0 Å². The molecule has 2 aliphatic heterocycles. The smallest absolute Gasteiger partial charge is 0.186 e. The van der Waals surface area contributed by atoms with Crippen LogP contribution in [0, 0.1) is 27.7 Å². The molecule has 0 radical (unpaired) electrons. The Bertz CT molecular complexity index is 2650. The monoisotopic (exact) mass is 736 g/mol. The Hall–Kier alpha value is -6.08. The molecular formula is C48H36N2O2S2. The number of fused-ring (bicyclic) bond motifs is 8. The van der Waals surface area contributed by atoms with E-state index in [1.54, 1.807) is 22.7 Å². The highest BCUT2D eigenvalue weighted by atomic mass is 32.1. The fourth-order valence-corrected chi connectivity index (χ4v) is 9.45. The van der Waals surface area contributed by atoms with Crippen molar-refractivity contribution >= 4 is 65.1 Å². The highest BCUT2D eigenvalue weighted by Crippen LogP contribution is 2.45. The number of aryl methyl sites for hydroxylation is 4. The lowest BCUT2D eigenvalue weighted by Crippen LogP contribution is -1.89. The van der Waals surface area contributed by atoms with Crippen LogP contribution >= 0.6 is 22.7 Å². The number of rotatable bonds is 4. The molecule has 8 bridgehead atoms. The number of aliphatic hydroxyl groups excluding tert-OH is 2. The Morgan fingerprint density at radius 2 is 0.630 bits per heavy atom. The second kappa shape index (κ2) is 13.4. The van der Waals surface area contributed by atoms with Gasteiger partial charge in [0.15, 0.2) is 11.5 Å². The van der Waals surface area contributed by atoms with Crippen LogP contribution in [-0.4, -0.2) is 20.2 Å². The second-order valence-electron chi connectivity index (χ2n) is 14.0. The van der Waals surface area contributed by atoms with Crippen molar-refractivity contribution in [2.24, 2.45) is 0 Å². The van der Waals surface area contributed by atoms with Gasteiger partial charge in [-0.3, -0.25) is 0 Å². The van der Waals surface area contributed by atoms with Crippen molar-refractivity contribution in [3.63, 3.8) is 0 Å². The van der Waals surface area contributed by atoms with Gasteiger partial charge in [0.05, 0.1) is 11.4 Å². The summed E-state index contributed by atoms with van der Waals surface area (Å²) in [6.45, 7) is 8.31. The Balaban J connectivity index is 1.50. The molecule has 7 aromatic rings. The standard InChI is InChI=1S/C48H36N2O2S2/c1-27-5-13-31(14-6-27)41-35-21-22-36(49-35)42(32-15-7-28(2)8-16-32)38-24-26-40(54-38)44(34-19-11-30(4)12-20-34)46-48(52)47(51)45(50-46)43(39-25-23-37(41)53-39)33-17-9-29(3)10-18-33/h5-26,51-52H,1-4H3. The highest BCUT2D eigenvalue weighted by molar-refractivity contribution is 7.24. The number of thiophene rings is 2. The van der Waals surface area contributed by atoms with Crippen LogP contribution in [0.3, 0.4) is 0 Å². The molecule has 262 valence electrons. The van der Waals surface area contributed by atoms with Crippen LogP contribution < -0.4 is 0 Å². The molecule has 6 heteroatoms. The first-order valence-electron chi connectivity index (χ1n) is 17.9. The average molecular weight is 737 g/mol. The summed E-state index contributed by atoms with van der Waals surface area (Å²) in [5.74, 6) is -0.476. The third-order valence-corrected chi connectivity index (χ3v) is 12.3. The molecule has 0 fully saturated rings. The lowest BCUT2D eigenvalue weighted by atomic mass is 10.0. The molecule has 0 saturated carbocycles. The van der Waals surface area contributed by atoms with E-state index in [2.05, 4.69) is 161 Å². The number of nitrogens with zero attached hydrogens (tertiary/aromatic N) is 2. The van der Waals surface area contributed by atoms with Gasteiger partial charge in [-0.1, -0.05) is 119 Å². The van der Waals surface area contributed by atoms with Crippen LogP contribution in [0.25, 0.3) is 87.0 Å². The maximum absolute atomic E-state index is 11.9. The molecule has 0 atom stereocenters.